The van der Waals surface area contributed by atoms with Crippen LogP contribution in [0.3, 0.4) is 0 Å². The summed E-state index contributed by atoms with van der Waals surface area (Å²) in [5.41, 5.74) is 13.4. The number of benzene rings is 10. The number of thiophene rings is 1. The summed E-state index contributed by atoms with van der Waals surface area (Å²) in [6, 6.07) is 83.2. The lowest BCUT2D eigenvalue weighted by molar-refractivity contribution is 1.07. The molecule has 0 bridgehead atoms. The second kappa shape index (κ2) is 16.3. The van der Waals surface area contributed by atoms with Gasteiger partial charge in [-0.3, -0.25) is 0 Å². The molecule has 10 aromatic carbocycles. The Balaban J connectivity index is 0.969. The van der Waals surface area contributed by atoms with Crippen LogP contribution < -0.4 is 0 Å². The third kappa shape index (κ3) is 6.65. The van der Waals surface area contributed by atoms with E-state index >= 15 is 0 Å². The zero-order valence-corrected chi connectivity index (χ0v) is 38.8. The molecular formula is C64H38N6S. The Hall–Kier alpha value is -9.48. The zero-order valence-electron chi connectivity index (χ0n) is 38.0. The minimum Gasteiger partial charge on any atom is -0.309 e. The molecule has 0 saturated heterocycles. The normalized spacial score (nSPS) is 11.6. The van der Waals surface area contributed by atoms with E-state index in [1.807, 2.05) is 84.1 Å². The molecular weight excluding hydrogens is 885 g/mol. The van der Waals surface area contributed by atoms with Gasteiger partial charge in [-0.1, -0.05) is 158 Å². The van der Waals surface area contributed by atoms with Crippen molar-refractivity contribution < 1.29 is 0 Å². The van der Waals surface area contributed by atoms with Crippen molar-refractivity contribution in [1.82, 2.24) is 24.1 Å². The predicted octanol–water partition coefficient (Wildman–Crippen LogP) is 16.6. The predicted molar refractivity (Wildman–Crippen MR) is 293 cm³/mol. The Morgan fingerprint density at radius 3 is 1.55 bits per heavy atom. The fraction of sp³-hybridized carbons (Fsp3) is 0. The first kappa shape index (κ1) is 40.6. The summed E-state index contributed by atoms with van der Waals surface area (Å²) >= 11 is 1.83. The molecule has 0 radical (unpaired) electrons. The number of nitriles is 1. The number of fused-ring (bicyclic) bond motifs is 10. The van der Waals surface area contributed by atoms with Crippen molar-refractivity contribution >= 4 is 75.1 Å². The van der Waals surface area contributed by atoms with Gasteiger partial charge < -0.3 is 9.13 Å². The molecule has 71 heavy (non-hydrogen) atoms. The van der Waals surface area contributed by atoms with Crippen LogP contribution in [0.5, 0.6) is 0 Å². The number of rotatable bonds is 7. The minimum atomic E-state index is 0.478. The first-order chi connectivity index (χ1) is 35.1. The van der Waals surface area contributed by atoms with E-state index < -0.39 is 0 Å². The summed E-state index contributed by atoms with van der Waals surface area (Å²) in [4.78, 5) is 15.5. The number of aromatic nitrogens is 5. The van der Waals surface area contributed by atoms with Gasteiger partial charge in [-0.15, -0.1) is 11.3 Å². The Kier molecular flexibility index (Phi) is 9.34. The van der Waals surface area contributed by atoms with E-state index in [0.717, 1.165) is 88.4 Å². The van der Waals surface area contributed by atoms with E-state index in [9.17, 15) is 5.26 Å². The third-order valence-electron chi connectivity index (χ3n) is 13.8. The maximum absolute atomic E-state index is 11.2. The topological polar surface area (TPSA) is 72.3 Å². The van der Waals surface area contributed by atoms with Gasteiger partial charge in [-0.25, -0.2) is 15.0 Å². The Labute approximate surface area is 412 Å². The highest BCUT2D eigenvalue weighted by atomic mass is 32.1. The van der Waals surface area contributed by atoms with Gasteiger partial charge >= 0.3 is 0 Å². The summed E-state index contributed by atoms with van der Waals surface area (Å²) in [7, 11) is 0. The number of nitrogens with zero attached hydrogens (tertiary/aromatic N) is 6. The van der Waals surface area contributed by atoms with Crippen molar-refractivity contribution in [3.05, 3.63) is 236 Å². The lowest BCUT2D eigenvalue weighted by Crippen LogP contribution is -2.02. The third-order valence-corrected chi connectivity index (χ3v) is 14.9. The molecule has 14 rings (SSSR count). The molecule has 0 fully saturated rings. The highest BCUT2D eigenvalue weighted by molar-refractivity contribution is 7.25. The monoisotopic (exact) mass is 922 g/mol. The molecule has 0 spiro atoms. The molecule has 0 atom stereocenters. The van der Waals surface area contributed by atoms with Crippen molar-refractivity contribution in [3.8, 4) is 73.9 Å². The van der Waals surface area contributed by atoms with Crippen LogP contribution in [0.4, 0.5) is 0 Å². The fourth-order valence-corrected chi connectivity index (χ4v) is 11.6. The molecule has 0 aliphatic rings. The van der Waals surface area contributed by atoms with Crippen LogP contribution in [0.2, 0.25) is 0 Å². The van der Waals surface area contributed by atoms with Crippen LogP contribution in [-0.2, 0) is 0 Å². The maximum Gasteiger partial charge on any atom is 0.164 e. The number of hydrogen-bond donors (Lipinski definition) is 0. The molecule has 7 heteroatoms. The molecule has 4 heterocycles. The van der Waals surface area contributed by atoms with Crippen molar-refractivity contribution in [1.29, 1.82) is 5.26 Å². The lowest BCUT2D eigenvalue weighted by atomic mass is 10.0. The Morgan fingerprint density at radius 1 is 0.352 bits per heavy atom. The Morgan fingerprint density at radius 2 is 0.887 bits per heavy atom. The number of hydrogen-bond acceptors (Lipinski definition) is 5. The first-order valence-electron chi connectivity index (χ1n) is 23.6. The first-order valence-corrected chi connectivity index (χ1v) is 24.5. The van der Waals surface area contributed by atoms with Crippen LogP contribution in [-0.4, -0.2) is 24.1 Å². The molecule has 0 unspecified atom stereocenters. The molecule has 4 aromatic heterocycles. The van der Waals surface area contributed by atoms with Gasteiger partial charge in [0.05, 0.1) is 33.3 Å². The van der Waals surface area contributed by atoms with Crippen LogP contribution in [0, 0.1) is 11.3 Å². The standard InChI is InChI=1S/C64H38N6S/c65-39-47-37-46(64-67-62(44-21-13-19-42(35-44)40-15-3-1-4-16-40)66-63(68-64)45-22-14-20-43(36-45)41-17-5-2-6-18-41)29-32-54(47)70-55-26-10-7-23-49(55)51-31-33-57-60(61(51)70)52-25-8-11-27-56(52)69(57)48-30-34-59-53(38-48)50-24-9-12-28-58(50)71-59/h1-38H. The van der Waals surface area contributed by atoms with E-state index in [0.29, 0.717) is 28.6 Å². The summed E-state index contributed by atoms with van der Waals surface area (Å²) in [5.74, 6) is 1.57. The van der Waals surface area contributed by atoms with Crippen LogP contribution >= 0.6 is 11.3 Å². The second-order valence-electron chi connectivity index (χ2n) is 17.9. The molecule has 14 aromatic rings. The highest BCUT2D eigenvalue weighted by Crippen LogP contribution is 2.44. The summed E-state index contributed by atoms with van der Waals surface area (Å²) < 4.78 is 7.24. The van der Waals surface area contributed by atoms with E-state index in [-0.39, 0.29) is 0 Å². The quantitative estimate of drug-likeness (QED) is 0.160. The fourth-order valence-electron chi connectivity index (χ4n) is 10.5. The van der Waals surface area contributed by atoms with E-state index in [1.165, 1.54) is 20.2 Å². The lowest BCUT2D eigenvalue weighted by Gasteiger charge is -2.14. The molecule has 0 aliphatic heterocycles. The molecule has 6 nitrogen and oxygen atoms in total. The van der Waals surface area contributed by atoms with Crippen LogP contribution in [0.25, 0.3) is 132 Å². The van der Waals surface area contributed by atoms with Crippen LogP contribution in [0.15, 0.2) is 231 Å². The van der Waals surface area contributed by atoms with E-state index in [1.54, 1.807) is 0 Å². The van der Waals surface area contributed by atoms with Crippen molar-refractivity contribution in [2.24, 2.45) is 0 Å². The average molecular weight is 923 g/mol. The summed E-state index contributed by atoms with van der Waals surface area (Å²) in [6.45, 7) is 0. The summed E-state index contributed by atoms with van der Waals surface area (Å²) in [5, 5.41) is 18.3. The van der Waals surface area contributed by atoms with E-state index in [2.05, 4.69) is 173 Å². The van der Waals surface area contributed by atoms with E-state index in [4.69, 9.17) is 15.0 Å². The summed E-state index contributed by atoms with van der Waals surface area (Å²) in [6.07, 6.45) is 0. The van der Waals surface area contributed by atoms with Gasteiger partial charge in [-0.2, -0.15) is 5.26 Å². The molecule has 0 aliphatic carbocycles. The van der Waals surface area contributed by atoms with Gasteiger partial charge in [0.25, 0.3) is 0 Å². The van der Waals surface area contributed by atoms with Gasteiger partial charge in [0.1, 0.15) is 6.07 Å². The van der Waals surface area contributed by atoms with Crippen molar-refractivity contribution in [2.45, 2.75) is 0 Å². The molecule has 330 valence electrons. The molecule has 0 N–H and O–H groups in total. The largest absolute Gasteiger partial charge is 0.309 e. The zero-order chi connectivity index (χ0) is 47.0. The van der Waals surface area contributed by atoms with Crippen LogP contribution in [0.1, 0.15) is 5.56 Å². The molecule has 0 amide bonds. The van der Waals surface area contributed by atoms with Gasteiger partial charge in [0.15, 0.2) is 17.5 Å². The Bertz CT molecular complexity index is 4380. The SMILES string of the molecule is N#Cc1cc(-c2nc(-c3cccc(-c4ccccc4)c3)nc(-c3cccc(-c4ccccc4)c3)n2)ccc1-n1c2ccccc2c2ccc3c(c4ccccc4n3-c3ccc4sc5ccccc5c4c3)c21. The second-order valence-corrected chi connectivity index (χ2v) is 19.0. The number of para-hydroxylation sites is 2. The van der Waals surface area contributed by atoms with Crippen molar-refractivity contribution in [3.63, 3.8) is 0 Å². The maximum atomic E-state index is 11.2. The highest BCUT2D eigenvalue weighted by Gasteiger charge is 2.23. The smallest absolute Gasteiger partial charge is 0.164 e. The van der Waals surface area contributed by atoms with Crippen molar-refractivity contribution in [2.75, 3.05) is 0 Å². The minimum absolute atomic E-state index is 0.478. The van der Waals surface area contributed by atoms with Gasteiger partial charge in [0, 0.05) is 64.1 Å². The molecule has 0 saturated carbocycles. The van der Waals surface area contributed by atoms with Gasteiger partial charge in [-0.05, 0) is 95.1 Å². The average Bonchev–Trinajstić information content (AvgIpc) is 4.11. The van der Waals surface area contributed by atoms with Gasteiger partial charge in [0.2, 0.25) is 0 Å².